The molecule has 1 aromatic heterocycles. The Morgan fingerprint density at radius 1 is 1.40 bits per heavy atom. The lowest BCUT2D eigenvalue weighted by Crippen LogP contribution is -2.20. The van der Waals surface area contributed by atoms with Gasteiger partial charge in [-0.15, -0.1) is 0 Å². The van der Waals surface area contributed by atoms with Crippen LogP contribution >= 0.6 is 0 Å². The van der Waals surface area contributed by atoms with E-state index < -0.39 is 0 Å². The monoisotopic (exact) mass is 208 g/mol. The summed E-state index contributed by atoms with van der Waals surface area (Å²) < 4.78 is 5.53. The summed E-state index contributed by atoms with van der Waals surface area (Å²) >= 11 is 0. The minimum atomic E-state index is 0.447. The summed E-state index contributed by atoms with van der Waals surface area (Å²) in [5, 5.41) is 3.20. The van der Waals surface area contributed by atoms with Gasteiger partial charge in [0.2, 0.25) is 5.88 Å². The van der Waals surface area contributed by atoms with Gasteiger partial charge in [0.15, 0.2) is 0 Å². The highest BCUT2D eigenvalue weighted by Gasteiger charge is 2.02. The van der Waals surface area contributed by atoms with Crippen molar-refractivity contribution < 1.29 is 4.74 Å². The van der Waals surface area contributed by atoms with Crippen molar-refractivity contribution in [1.29, 1.82) is 0 Å². The van der Waals surface area contributed by atoms with E-state index in [9.17, 15) is 0 Å². The van der Waals surface area contributed by atoms with Crippen molar-refractivity contribution in [2.75, 3.05) is 19.7 Å². The SMILES string of the molecule is CCNCCOc1cccc(C(C)C)n1. The van der Waals surface area contributed by atoms with Gasteiger partial charge in [-0.25, -0.2) is 4.98 Å². The molecule has 3 heteroatoms. The van der Waals surface area contributed by atoms with Crippen molar-refractivity contribution in [1.82, 2.24) is 10.3 Å². The Hall–Kier alpha value is -1.09. The van der Waals surface area contributed by atoms with Crippen molar-refractivity contribution in [3.63, 3.8) is 0 Å². The lowest BCUT2D eigenvalue weighted by molar-refractivity contribution is 0.302. The van der Waals surface area contributed by atoms with Crippen LogP contribution in [-0.2, 0) is 0 Å². The molecule has 15 heavy (non-hydrogen) atoms. The number of hydrogen-bond acceptors (Lipinski definition) is 3. The zero-order valence-corrected chi connectivity index (χ0v) is 9.79. The lowest BCUT2D eigenvalue weighted by Gasteiger charge is -2.08. The van der Waals surface area contributed by atoms with Gasteiger partial charge < -0.3 is 10.1 Å². The second-order valence-corrected chi connectivity index (χ2v) is 3.76. The highest BCUT2D eigenvalue weighted by Crippen LogP contribution is 2.14. The zero-order chi connectivity index (χ0) is 11.1. The predicted octanol–water partition coefficient (Wildman–Crippen LogP) is 2.19. The summed E-state index contributed by atoms with van der Waals surface area (Å²) in [6.45, 7) is 8.85. The zero-order valence-electron chi connectivity index (χ0n) is 9.79. The van der Waals surface area contributed by atoms with Gasteiger partial charge in [-0.1, -0.05) is 26.8 Å². The molecule has 1 N–H and O–H groups in total. The van der Waals surface area contributed by atoms with E-state index in [-0.39, 0.29) is 0 Å². The minimum Gasteiger partial charge on any atom is -0.476 e. The first-order valence-corrected chi connectivity index (χ1v) is 5.54. The quantitative estimate of drug-likeness (QED) is 0.728. The molecule has 84 valence electrons. The molecule has 0 amide bonds. The molecule has 0 aliphatic carbocycles. The second kappa shape index (κ2) is 6.40. The number of pyridine rings is 1. The van der Waals surface area contributed by atoms with Crippen molar-refractivity contribution in [3.05, 3.63) is 23.9 Å². The summed E-state index contributed by atoms with van der Waals surface area (Å²) in [6.07, 6.45) is 0. The maximum Gasteiger partial charge on any atom is 0.213 e. The highest BCUT2D eigenvalue weighted by molar-refractivity contribution is 5.17. The van der Waals surface area contributed by atoms with Gasteiger partial charge in [0.1, 0.15) is 6.61 Å². The van der Waals surface area contributed by atoms with Gasteiger partial charge in [0.25, 0.3) is 0 Å². The van der Waals surface area contributed by atoms with Crippen molar-refractivity contribution in [2.24, 2.45) is 0 Å². The molecule has 0 atom stereocenters. The highest BCUT2D eigenvalue weighted by atomic mass is 16.5. The maximum absolute atomic E-state index is 5.53. The first-order chi connectivity index (χ1) is 7.24. The van der Waals surface area contributed by atoms with Crippen LogP contribution in [0.3, 0.4) is 0 Å². The normalized spacial score (nSPS) is 10.7. The lowest BCUT2D eigenvalue weighted by atomic mass is 10.1. The third-order valence-electron chi connectivity index (χ3n) is 2.12. The predicted molar refractivity (Wildman–Crippen MR) is 62.4 cm³/mol. The molecule has 0 aliphatic rings. The fourth-order valence-electron chi connectivity index (χ4n) is 1.24. The number of aromatic nitrogens is 1. The van der Waals surface area contributed by atoms with Crippen molar-refractivity contribution in [2.45, 2.75) is 26.7 Å². The summed E-state index contributed by atoms with van der Waals surface area (Å²) in [5.41, 5.74) is 1.08. The summed E-state index contributed by atoms with van der Waals surface area (Å²) in [6, 6.07) is 5.92. The molecule has 0 aliphatic heterocycles. The molecule has 0 bridgehead atoms. The smallest absolute Gasteiger partial charge is 0.213 e. The van der Waals surface area contributed by atoms with Crippen LogP contribution in [0, 0.1) is 0 Å². The van der Waals surface area contributed by atoms with E-state index in [1.54, 1.807) is 0 Å². The van der Waals surface area contributed by atoms with E-state index >= 15 is 0 Å². The Labute approximate surface area is 91.9 Å². The number of nitrogens with one attached hydrogen (secondary N) is 1. The van der Waals surface area contributed by atoms with Gasteiger partial charge in [0, 0.05) is 18.3 Å². The van der Waals surface area contributed by atoms with Gasteiger partial charge in [-0.2, -0.15) is 0 Å². The molecule has 0 unspecified atom stereocenters. The van der Waals surface area contributed by atoms with Crippen LogP contribution in [0.5, 0.6) is 5.88 Å². The molecular weight excluding hydrogens is 188 g/mol. The van der Waals surface area contributed by atoms with Crippen LogP contribution in [-0.4, -0.2) is 24.7 Å². The number of hydrogen-bond donors (Lipinski definition) is 1. The average Bonchev–Trinajstić information content (AvgIpc) is 2.25. The molecule has 0 radical (unpaired) electrons. The van der Waals surface area contributed by atoms with Crippen LogP contribution in [0.2, 0.25) is 0 Å². The standard InChI is InChI=1S/C12H20N2O/c1-4-13-8-9-15-12-7-5-6-11(14-12)10(2)3/h5-7,10,13H,4,8-9H2,1-3H3. The average molecular weight is 208 g/mol. The fraction of sp³-hybridized carbons (Fsp3) is 0.583. The Kier molecular flexibility index (Phi) is 5.12. The van der Waals surface area contributed by atoms with Gasteiger partial charge >= 0.3 is 0 Å². The number of nitrogens with zero attached hydrogens (tertiary/aromatic N) is 1. The van der Waals surface area contributed by atoms with Crippen molar-refractivity contribution >= 4 is 0 Å². The maximum atomic E-state index is 5.53. The third kappa shape index (κ3) is 4.30. The molecule has 1 aromatic rings. The van der Waals surface area contributed by atoms with E-state index in [2.05, 4.69) is 31.1 Å². The molecule has 1 rings (SSSR count). The summed E-state index contributed by atoms with van der Waals surface area (Å²) in [4.78, 5) is 4.42. The molecule has 0 aromatic carbocycles. The van der Waals surface area contributed by atoms with E-state index in [0.29, 0.717) is 12.5 Å². The Balaban J connectivity index is 2.43. The number of ether oxygens (including phenoxy) is 1. The Morgan fingerprint density at radius 2 is 2.20 bits per heavy atom. The summed E-state index contributed by atoms with van der Waals surface area (Å²) in [5.74, 6) is 1.17. The first kappa shape index (κ1) is 12.0. The summed E-state index contributed by atoms with van der Waals surface area (Å²) in [7, 11) is 0. The topological polar surface area (TPSA) is 34.1 Å². The van der Waals surface area contributed by atoms with E-state index in [0.717, 1.165) is 24.7 Å². The third-order valence-corrected chi connectivity index (χ3v) is 2.12. The molecule has 1 heterocycles. The molecule has 0 saturated heterocycles. The number of likely N-dealkylation sites (N-methyl/N-ethyl adjacent to an activating group) is 1. The van der Waals surface area contributed by atoms with Gasteiger partial charge in [-0.05, 0) is 18.5 Å². The molecule has 3 nitrogen and oxygen atoms in total. The fourth-order valence-corrected chi connectivity index (χ4v) is 1.24. The molecule has 0 spiro atoms. The van der Waals surface area contributed by atoms with Crippen LogP contribution in [0.15, 0.2) is 18.2 Å². The van der Waals surface area contributed by atoms with Gasteiger partial charge in [-0.3, -0.25) is 0 Å². The van der Waals surface area contributed by atoms with E-state index in [1.165, 1.54) is 0 Å². The van der Waals surface area contributed by atoms with Crippen molar-refractivity contribution in [3.8, 4) is 5.88 Å². The Morgan fingerprint density at radius 3 is 2.87 bits per heavy atom. The van der Waals surface area contributed by atoms with E-state index in [1.807, 2.05) is 18.2 Å². The van der Waals surface area contributed by atoms with Gasteiger partial charge in [0.05, 0.1) is 0 Å². The van der Waals surface area contributed by atoms with E-state index in [4.69, 9.17) is 4.74 Å². The van der Waals surface area contributed by atoms with Crippen LogP contribution in [0.1, 0.15) is 32.4 Å². The van der Waals surface area contributed by atoms with Crippen LogP contribution in [0.4, 0.5) is 0 Å². The minimum absolute atomic E-state index is 0.447. The van der Waals surface area contributed by atoms with Crippen LogP contribution in [0.25, 0.3) is 0 Å². The Bertz CT molecular complexity index is 287. The molecule has 0 saturated carbocycles. The first-order valence-electron chi connectivity index (χ1n) is 5.54. The molecular formula is C12H20N2O. The second-order valence-electron chi connectivity index (χ2n) is 3.76. The van der Waals surface area contributed by atoms with Crippen LogP contribution < -0.4 is 10.1 Å². The molecule has 0 fully saturated rings. The number of rotatable bonds is 6. The largest absolute Gasteiger partial charge is 0.476 e.